The topological polar surface area (TPSA) is 128 Å². The van der Waals surface area contributed by atoms with Gasteiger partial charge in [0.2, 0.25) is 0 Å². The van der Waals surface area contributed by atoms with Crippen molar-refractivity contribution in [2.75, 3.05) is 32.4 Å². The summed E-state index contributed by atoms with van der Waals surface area (Å²) in [7, 11) is -3.33. The highest BCUT2D eigenvalue weighted by atomic mass is 32.2. The normalized spacial score (nSPS) is 14.5. The molecule has 1 amide bonds. The fourth-order valence-electron chi connectivity index (χ4n) is 4.19. The molecule has 5 rings (SSSR count). The zero-order valence-electron chi connectivity index (χ0n) is 19.6. The second-order valence-corrected chi connectivity index (χ2v) is 10.7. The van der Waals surface area contributed by atoms with Crippen LogP contribution in [0, 0.1) is 0 Å². The van der Waals surface area contributed by atoms with Gasteiger partial charge in [-0.3, -0.25) is 9.89 Å². The SMILES string of the molecule is CS(=O)(=O)c1cccc(/C=C/c2n[nH]c3nc(-c4ccc(O)cc4)cc(C(=O)N4CCNCC4)c23)c1. The number of pyridine rings is 1. The van der Waals surface area contributed by atoms with Gasteiger partial charge in [0.25, 0.3) is 5.91 Å². The second kappa shape index (κ2) is 9.56. The van der Waals surface area contributed by atoms with E-state index in [2.05, 4.69) is 20.5 Å². The molecule has 3 heterocycles. The fraction of sp³-hybridized carbons (Fsp3) is 0.192. The molecule has 2 aromatic heterocycles. The van der Waals surface area contributed by atoms with Gasteiger partial charge in [0.05, 0.1) is 27.2 Å². The Bertz CT molecular complexity index is 1570. The van der Waals surface area contributed by atoms with Gasteiger partial charge in [-0.25, -0.2) is 13.4 Å². The number of H-pyrrole nitrogens is 1. The summed E-state index contributed by atoms with van der Waals surface area (Å²) in [5.74, 6) is 0.0323. The molecule has 3 N–H and O–H groups in total. The van der Waals surface area contributed by atoms with Crippen molar-refractivity contribution in [3.63, 3.8) is 0 Å². The van der Waals surface area contributed by atoms with E-state index in [0.29, 0.717) is 46.6 Å². The van der Waals surface area contributed by atoms with Crippen LogP contribution >= 0.6 is 0 Å². The van der Waals surface area contributed by atoms with E-state index in [4.69, 9.17) is 0 Å². The number of hydrogen-bond acceptors (Lipinski definition) is 7. The number of hydrogen-bond donors (Lipinski definition) is 3. The highest BCUT2D eigenvalue weighted by Gasteiger charge is 2.24. The van der Waals surface area contributed by atoms with Crippen LogP contribution in [0.25, 0.3) is 34.4 Å². The predicted molar refractivity (Wildman–Crippen MR) is 138 cm³/mol. The standard InChI is InChI=1S/C26H25N5O4S/c1-36(34,35)20-4-2-3-17(15-20)5-10-22-24-21(26(33)31-13-11-27-12-14-31)16-23(28-25(24)30-29-22)18-6-8-19(32)9-7-18/h2-10,15-16,27,32H,11-14H2,1H3,(H,28,29,30)/b10-5+. The number of benzene rings is 2. The van der Waals surface area contributed by atoms with Crippen LogP contribution in [0.2, 0.25) is 0 Å². The third-order valence-electron chi connectivity index (χ3n) is 6.08. The third kappa shape index (κ3) is 4.86. The second-order valence-electron chi connectivity index (χ2n) is 8.65. The van der Waals surface area contributed by atoms with E-state index in [1.54, 1.807) is 66.7 Å². The molecule has 4 aromatic rings. The van der Waals surface area contributed by atoms with Gasteiger partial charge >= 0.3 is 0 Å². The molecule has 10 heteroatoms. The van der Waals surface area contributed by atoms with Crippen molar-refractivity contribution >= 4 is 38.9 Å². The Balaban J connectivity index is 1.60. The first-order valence-corrected chi connectivity index (χ1v) is 13.4. The molecule has 0 atom stereocenters. The summed E-state index contributed by atoms with van der Waals surface area (Å²) in [4.78, 5) is 20.4. The first-order valence-electron chi connectivity index (χ1n) is 11.5. The van der Waals surface area contributed by atoms with Gasteiger partial charge in [0.15, 0.2) is 15.5 Å². The van der Waals surface area contributed by atoms with Crippen LogP contribution in [-0.2, 0) is 9.84 Å². The average molecular weight is 504 g/mol. The first-order chi connectivity index (χ1) is 17.3. The number of rotatable bonds is 5. The van der Waals surface area contributed by atoms with Gasteiger partial charge in [-0.1, -0.05) is 18.2 Å². The number of carbonyl (C=O) groups excluding carboxylic acids is 1. The lowest BCUT2D eigenvalue weighted by molar-refractivity contribution is 0.0737. The van der Waals surface area contributed by atoms with Gasteiger partial charge < -0.3 is 15.3 Å². The van der Waals surface area contributed by atoms with Crippen LogP contribution in [0.4, 0.5) is 0 Å². The number of fused-ring (bicyclic) bond motifs is 1. The van der Waals surface area contributed by atoms with E-state index >= 15 is 0 Å². The smallest absolute Gasteiger partial charge is 0.254 e. The summed E-state index contributed by atoms with van der Waals surface area (Å²) >= 11 is 0. The van der Waals surface area contributed by atoms with Crippen LogP contribution < -0.4 is 5.32 Å². The molecule has 1 aliphatic heterocycles. The summed E-state index contributed by atoms with van der Waals surface area (Å²) < 4.78 is 23.8. The molecular formula is C26H25N5O4S. The molecule has 9 nitrogen and oxygen atoms in total. The van der Waals surface area contributed by atoms with Crippen LogP contribution in [0.3, 0.4) is 0 Å². The molecule has 0 radical (unpaired) electrons. The summed E-state index contributed by atoms with van der Waals surface area (Å²) in [6.45, 7) is 2.64. The summed E-state index contributed by atoms with van der Waals surface area (Å²) in [6.07, 6.45) is 4.68. The fourth-order valence-corrected chi connectivity index (χ4v) is 4.86. The van der Waals surface area contributed by atoms with Crippen LogP contribution in [-0.4, -0.2) is 71.9 Å². The third-order valence-corrected chi connectivity index (χ3v) is 7.19. The summed E-state index contributed by atoms with van der Waals surface area (Å²) in [5.41, 5.74) is 3.50. The maximum atomic E-state index is 13.6. The molecule has 0 saturated carbocycles. The van der Waals surface area contributed by atoms with Crippen molar-refractivity contribution in [3.8, 4) is 17.0 Å². The molecule has 184 valence electrons. The Labute approximate surface area is 208 Å². The molecular weight excluding hydrogens is 478 g/mol. The van der Waals surface area contributed by atoms with Gasteiger partial charge in [-0.05, 0) is 54.1 Å². The van der Waals surface area contributed by atoms with Crippen molar-refractivity contribution in [2.24, 2.45) is 0 Å². The van der Waals surface area contributed by atoms with E-state index in [9.17, 15) is 18.3 Å². The number of amides is 1. The van der Waals surface area contributed by atoms with E-state index in [1.807, 2.05) is 4.90 Å². The zero-order valence-corrected chi connectivity index (χ0v) is 20.4. The zero-order chi connectivity index (χ0) is 25.3. The molecule has 0 bridgehead atoms. The quantitative estimate of drug-likeness (QED) is 0.382. The Morgan fingerprint density at radius 2 is 1.81 bits per heavy atom. The Morgan fingerprint density at radius 1 is 1.06 bits per heavy atom. The van der Waals surface area contributed by atoms with Gasteiger partial charge in [0, 0.05) is 38.0 Å². The van der Waals surface area contributed by atoms with Crippen molar-refractivity contribution in [3.05, 3.63) is 71.4 Å². The average Bonchev–Trinajstić information content (AvgIpc) is 3.30. The number of aromatic hydroxyl groups is 1. The molecule has 36 heavy (non-hydrogen) atoms. The van der Waals surface area contributed by atoms with Crippen LogP contribution in [0.15, 0.2) is 59.5 Å². The molecule has 0 spiro atoms. The van der Waals surface area contributed by atoms with Crippen molar-refractivity contribution in [2.45, 2.75) is 4.90 Å². The largest absolute Gasteiger partial charge is 0.508 e. The number of aromatic amines is 1. The molecule has 2 aromatic carbocycles. The highest BCUT2D eigenvalue weighted by molar-refractivity contribution is 7.90. The number of sulfone groups is 1. The number of carbonyl (C=O) groups is 1. The lowest BCUT2D eigenvalue weighted by Gasteiger charge is -2.27. The van der Waals surface area contributed by atoms with Gasteiger partial charge in [-0.15, -0.1) is 0 Å². The number of aromatic nitrogens is 3. The minimum absolute atomic E-state index is 0.112. The first kappa shape index (κ1) is 23.7. The number of phenols is 1. The predicted octanol–water partition coefficient (Wildman–Crippen LogP) is 2.95. The van der Waals surface area contributed by atoms with Gasteiger partial charge in [-0.2, -0.15) is 5.10 Å². The van der Waals surface area contributed by atoms with E-state index in [1.165, 1.54) is 6.26 Å². The number of nitrogens with zero attached hydrogens (tertiary/aromatic N) is 3. The van der Waals surface area contributed by atoms with Crippen molar-refractivity contribution < 1.29 is 18.3 Å². The molecule has 1 fully saturated rings. The van der Waals surface area contributed by atoms with E-state index < -0.39 is 9.84 Å². The van der Waals surface area contributed by atoms with Crippen LogP contribution in [0.5, 0.6) is 5.75 Å². The molecule has 1 aliphatic rings. The minimum Gasteiger partial charge on any atom is -0.508 e. The Kier molecular flexibility index (Phi) is 6.29. The molecule has 0 aliphatic carbocycles. The number of nitrogens with one attached hydrogen (secondary N) is 2. The summed E-state index contributed by atoms with van der Waals surface area (Å²) in [5, 5.41) is 20.9. The highest BCUT2D eigenvalue weighted by Crippen LogP contribution is 2.29. The van der Waals surface area contributed by atoms with Crippen molar-refractivity contribution in [1.29, 1.82) is 0 Å². The minimum atomic E-state index is -3.33. The van der Waals surface area contributed by atoms with Crippen molar-refractivity contribution in [1.82, 2.24) is 25.4 Å². The van der Waals surface area contributed by atoms with Gasteiger partial charge in [0.1, 0.15) is 5.75 Å². The lowest BCUT2D eigenvalue weighted by atomic mass is 10.0. The van der Waals surface area contributed by atoms with E-state index in [0.717, 1.165) is 18.7 Å². The van der Waals surface area contributed by atoms with E-state index in [-0.39, 0.29) is 16.6 Å². The maximum Gasteiger partial charge on any atom is 0.254 e. The Morgan fingerprint density at radius 3 is 2.53 bits per heavy atom. The summed E-state index contributed by atoms with van der Waals surface area (Å²) in [6, 6.07) is 15.0. The van der Waals surface area contributed by atoms with Crippen LogP contribution in [0.1, 0.15) is 21.6 Å². The monoisotopic (exact) mass is 503 g/mol. The Hall–Kier alpha value is -4.02. The molecule has 0 unspecified atom stereocenters. The number of piperazine rings is 1. The molecule has 1 saturated heterocycles. The number of phenolic OH excluding ortho intramolecular Hbond substituents is 1. The lowest BCUT2D eigenvalue weighted by Crippen LogP contribution is -2.46. The maximum absolute atomic E-state index is 13.6.